The van der Waals surface area contributed by atoms with Crippen molar-refractivity contribution < 1.29 is 5.11 Å². The van der Waals surface area contributed by atoms with Crippen LogP contribution in [0.5, 0.6) is 0 Å². The molecule has 10 heavy (non-hydrogen) atoms. The minimum absolute atomic E-state index is 0.0683. The van der Waals surface area contributed by atoms with Crippen LogP contribution in [-0.2, 0) is 0 Å². The predicted octanol–water partition coefficient (Wildman–Crippen LogP) is 2.01. The first-order valence-corrected chi connectivity index (χ1v) is 4.21. The van der Waals surface area contributed by atoms with Gasteiger partial charge in [0.1, 0.15) is 0 Å². The zero-order valence-corrected chi connectivity index (χ0v) is 6.71. The van der Waals surface area contributed by atoms with E-state index < -0.39 is 0 Å². The second-order valence-electron chi connectivity index (χ2n) is 3.53. The van der Waals surface area contributed by atoms with E-state index in [4.69, 9.17) is 0 Å². The Kier molecular flexibility index (Phi) is 2.72. The van der Waals surface area contributed by atoms with Gasteiger partial charge < -0.3 is 5.11 Å². The molecule has 1 N–H and O–H groups in total. The molecule has 0 aliphatic heterocycles. The lowest BCUT2D eigenvalue weighted by atomic mass is 9.79. The van der Waals surface area contributed by atoms with Gasteiger partial charge in [-0.1, -0.05) is 20.3 Å². The molecule has 0 spiro atoms. The Morgan fingerprint density at radius 3 is 2.70 bits per heavy atom. The van der Waals surface area contributed by atoms with Crippen molar-refractivity contribution in [1.82, 2.24) is 0 Å². The van der Waals surface area contributed by atoms with Gasteiger partial charge in [0, 0.05) is 0 Å². The van der Waals surface area contributed by atoms with E-state index in [0.29, 0.717) is 5.92 Å². The number of hydrogen-bond donors (Lipinski definition) is 1. The Balaban J connectivity index is 2.36. The van der Waals surface area contributed by atoms with Crippen molar-refractivity contribution in [3.05, 3.63) is 6.92 Å². The van der Waals surface area contributed by atoms with Crippen LogP contribution < -0.4 is 0 Å². The smallest absolute Gasteiger partial charge is 0.0570 e. The van der Waals surface area contributed by atoms with Gasteiger partial charge in [-0.3, -0.25) is 0 Å². The van der Waals surface area contributed by atoms with Crippen LogP contribution in [0.1, 0.15) is 32.6 Å². The average molecular weight is 141 g/mol. The molecular formula is C9H17O. The lowest BCUT2D eigenvalue weighted by Crippen LogP contribution is -2.27. The molecular weight excluding hydrogens is 124 g/mol. The molecule has 3 atom stereocenters. The largest absolute Gasteiger partial charge is 0.393 e. The maximum atomic E-state index is 9.50. The van der Waals surface area contributed by atoms with E-state index in [-0.39, 0.29) is 6.10 Å². The minimum Gasteiger partial charge on any atom is -0.393 e. The molecule has 1 rings (SSSR count). The quantitative estimate of drug-likeness (QED) is 0.592. The topological polar surface area (TPSA) is 20.2 Å². The molecule has 0 bridgehead atoms. The van der Waals surface area contributed by atoms with Crippen LogP contribution in [0.15, 0.2) is 0 Å². The fourth-order valence-corrected chi connectivity index (χ4v) is 1.75. The molecule has 1 radical (unpaired) electrons. The Bertz CT molecular complexity index is 101. The summed E-state index contributed by atoms with van der Waals surface area (Å²) in [6.45, 7) is 6.04. The maximum absolute atomic E-state index is 9.50. The third-order valence-electron chi connectivity index (χ3n) is 2.59. The third kappa shape index (κ3) is 1.72. The molecule has 0 aromatic carbocycles. The highest BCUT2D eigenvalue weighted by Crippen LogP contribution is 2.30. The molecule has 0 aromatic heterocycles. The van der Waals surface area contributed by atoms with Gasteiger partial charge in [0.25, 0.3) is 0 Å². The molecule has 0 saturated heterocycles. The summed E-state index contributed by atoms with van der Waals surface area (Å²) in [4.78, 5) is 0. The average Bonchev–Trinajstić information content (AvgIpc) is 1.88. The predicted molar refractivity (Wildman–Crippen MR) is 42.5 cm³/mol. The standard InChI is InChI=1S/C9H17O/c1-3-8-5-4-7(2)6-9(8)10/h7-10H,1,3-6H2,2H3. The van der Waals surface area contributed by atoms with E-state index in [1.807, 2.05) is 0 Å². The monoisotopic (exact) mass is 141 g/mol. The van der Waals surface area contributed by atoms with E-state index in [1.165, 1.54) is 12.8 Å². The van der Waals surface area contributed by atoms with Gasteiger partial charge in [-0.15, -0.1) is 0 Å². The fraction of sp³-hybridized carbons (Fsp3) is 0.889. The van der Waals surface area contributed by atoms with Crippen LogP contribution in [-0.4, -0.2) is 11.2 Å². The molecule has 1 aliphatic carbocycles. The lowest BCUT2D eigenvalue weighted by Gasteiger charge is -2.30. The van der Waals surface area contributed by atoms with Crippen LogP contribution in [0.2, 0.25) is 0 Å². The van der Waals surface area contributed by atoms with E-state index in [1.54, 1.807) is 0 Å². The Labute approximate surface area is 63.4 Å². The number of aliphatic hydroxyl groups excluding tert-OH is 1. The fourth-order valence-electron chi connectivity index (χ4n) is 1.75. The van der Waals surface area contributed by atoms with Crippen molar-refractivity contribution in [3.8, 4) is 0 Å². The van der Waals surface area contributed by atoms with Crippen LogP contribution in [0, 0.1) is 18.8 Å². The summed E-state index contributed by atoms with van der Waals surface area (Å²) >= 11 is 0. The summed E-state index contributed by atoms with van der Waals surface area (Å²) in [6.07, 6.45) is 4.26. The van der Waals surface area contributed by atoms with E-state index in [2.05, 4.69) is 13.8 Å². The molecule has 0 amide bonds. The van der Waals surface area contributed by atoms with Gasteiger partial charge in [-0.25, -0.2) is 0 Å². The molecule has 3 unspecified atom stereocenters. The third-order valence-corrected chi connectivity index (χ3v) is 2.59. The minimum atomic E-state index is -0.0683. The van der Waals surface area contributed by atoms with Crippen LogP contribution in [0.25, 0.3) is 0 Å². The number of aliphatic hydroxyl groups is 1. The molecule has 1 aliphatic rings. The normalized spacial score (nSPS) is 41.7. The molecule has 1 fully saturated rings. The van der Waals surface area contributed by atoms with Crippen LogP contribution in [0.3, 0.4) is 0 Å². The Morgan fingerprint density at radius 2 is 2.20 bits per heavy atom. The summed E-state index contributed by atoms with van der Waals surface area (Å²) in [7, 11) is 0. The zero-order valence-electron chi connectivity index (χ0n) is 6.71. The summed E-state index contributed by atoms with van der Waals surface area (Å²) in [5.41, 5.74) is 0. The van der Waals surface area contributed by atoms with Crippen molar-refractivity contribution in [2.75, 3.05) is 0 Å². The van der Waals surface area contributed by atoms with Crippen molar-refractivity contribution in [2.45, 2.75) is 38.7 Å². The lowest BCUT2D eigenvalue weighted by molar-refractivity contribution is 0.0500. The number of rotatable bonds is 1. The van der Waals surface area contributed by atoms with Crippen LogP contribution in [0.4, 0.5) is 0 Å². The van der Waals surface area contributed by atoms with Crippen molar-refractivity contribution in [2.24, 2.45) is 11.8 Å². The molecule has 1 saturated carbocycles. The second kappa shape index (κ2) is 3.38. The Hall–Kier alpha value is -0.0400. The highest BCUT2D eigenvalue weighted by Gasteiger charge is 2.24. The molecule has 1 nitrogen and oxygen atoms in total. The maximum Gasteiger partial charge on any atom is 0.0570 e. The second-order valence-corrected chi connectivity index (χ2v) is 3.53. The van der Waals surface area contributed by atoms with Crippen LogP contribution >= 0.6 is 0 Å². The first-order valence-electron chi connectivity index (χ1n) is 4.21. The van der Waals surface area contributed by atoms with Gasteiger partial charge in [0.05, 0.1) is 6.10 Å². The molecule has 59 valence electrons. The molecule has 1 heteroatoms. The summed E-state index contributed by atoms with van der Waals surface area (Å²) < 4.78 is 0. The summed E-state index contributed by atoms with van der Waals surface area (Å²) in [5.74, 6) is 1.20. The van der Waals surface area contributed by atoms with Crippen molar-refractivity contribution in [1.29, 1.82) is 0 Å². The molecule has 0 aromatic rings. The van der Waals surface area contributed by atoms with Gasteiger partial charge in [0.2, 0.25) is 0 Å². The highest BCUT2D eigenvalue weighted by atomic mass is 16.3. The Morgan fingerprint density at radius 1 is 1.50 bits per heavy atom. The van der Waals surface area contributed by atoms with Crippen molar-refractivity contribution in [3.63, 3.8) is 0 Å². The van der Waals surface area contributed by atoms with Gasteiger partial charge in [-0.2, -0.15) is 0 Å². The van der Waals surface area contributed by atoms with Crippen molar-refractivity contribution >= 4 is 0 Å². The number of hydrogen-bond acceptors (Lipinski definition) is 1. The first kappa shape index (κ1) is 8.06. The SMILES string of the molecule is [CH2]CC1CCC(C)CC1O. The summed E-state index contributed by atoms with van der Waals surface area (Å²) in [5, 5.41) is 9.50. The highest BCUT2D eigenvalue weighted by molar-refractivity contribution is 4.78. The van der Waals surface area contributed by atoms with Gasteiger partial charge in [0.15, 0.2) is 0 Å². The van der Waals surface area contributed by atoms with Gasteiger partial charge in [-0.05, 0) is 31.1 Å². The van der Waals surface area contributed by atoms with E-state index in [9.17, 15) is 5.11 Å². The molecule has 0 heterocycles. The van der Waals surface area contributed by atoms with E-state index >= 15 is 0 Å². The summed E-state index contributed by atoms with van der Waals surface area (Å²) in [6, 6.07) is 0. The first-order chi connectivity index (χ1) is 4.74. The van der Waals surface area contributed by atoms with Gasteiger partial charge >= 0.3 is 0 Å². The zero-order chi connectivity index (χ0) is 7.56. The van der Waals surface area contributed by atoms with E-state index in [0.717, 1.165) is 18.8 Å².